The normalized spacial score (nSPS) is 18.7. The third-order valence-corrected chi connectivity index (χ3v) is 7.12. The van der Waals surface area contributed by atoms with Crippen LogP contribution in [-0.4, -0.2) is 24.3 Å². The summed E-state index contributed by atoms with van der Waals surface area (Å²) in [6, 6.07) is 10.2. The van der Waals surface area contributed by atoms with Gasteiger partial charge in [-0.3, -0.25) is 4.79 Å². The van der Waals surface area contributed by atoms with E-state index in [1.807, 2.05) is 0 Å². The quantitative estimate of drug-likeness (QED) is 0.403. The van der Waals surface area contributed by atoms with Gasteiger partial charge in [-0.25, -0.2) is 5.43 Å². The van der Waals surface area contributed by atoms with Crippen LogP contribution in [0.1, 0.15) is 49.8 Å². The van der Waals surface area contributed by atoms with Crippen molar-refractivity contribution in [3.8, 4) is 11.5 Å². The van der Waals surface area contributed by atoms with Crippen LogP contribution < -0.4 is 10.2 Å². The number of carbonyl (C=O) groups excluding carboxylic acids is 1. The van der Waals surface area contributed by atoms with Crippen LogP contribution in [0.15, 0.2) is 44.4 Å². The molecule has 154 valence electrons. The average Bonchev–Trinajstić information content (AvgIpc) is 3.47. The van der Waals surface area contributed by atoms with Gasteiger partial charge in [-0.1, -0.05) is 45.0 Å². The minimum absolute atomic E-state index is 0.0520. The van der Waals surface area contributed by atoms with Crippen LogP contribution in [0.3, 0.4) is 0 Å². The number of hydrazone groups is 1. The number of phenols is 1. The summed E-state index contributed by atoms with van der Waals surface area (Å²) in [4.78, 5) is 12.4. The van der Waals surface area contributed by atoms with Crippen LogP contribution in [-0.2, 0) is 10.2 Å². The predicted molar refractivity (Wildman–Crippen MR) is 122 cm³/mol. The van der Waals surface area contributed by atoms with Crippen LogP contribution in [0.4, 0.5) is 0 Å². The van der Waals surface area contributed by atoms with Crippen LogP contribution in [0, 0.1) is 5.92 Å². The molecule has 0 saturated heterocycles. The molecule has 0 heterocycles. The molecule has 0 bridgehead atoms. The standard InChI is InChI=1S/C22H24Br2N2O3/c1-22(2,3)13-7-5-12(6-8-13)14-9-15(14)21(28)26-25-11-16-19(24)17(23)10-18(29-4)20(16)27/h5-8,10-11,14-15,27H,9H2,1-4H3,(H,26,28). The number of hydrogen-bond donors (Lipinski definition) is 2. The highest BCUT2D eigenvalue weighted by atomic mass is 79.9. The van der Waals surface area contributed by atoms with Crippen molar-refractivity contribution in [2.75, 3.05) is 7.11 Å². The maximum Gasteiger partial charge on any atom is 0.243 e. The highest BCUT2D eigenvalue weighted by Gasteiger charge is 2.44. The molecule has 2 atom stereocenters. The summed E-state index contributed by atoms with van der Waals surface area (Å²) in [5.74, 6) is 0.286. The highest BCUT2D eigenvalue weighted by Crippen LogP contribution is 2.47. The second-order valence-electron chi connectivity index (χ2n) is 8.19. The molecule has 3 rings (SSSR count). The molecule has 2 aromatic rings. The number of benzene rings is 2. The van der Waals surface area contributed by atoms with Gasteiger partial charge in [0.1, 0.15) is 0 Å². The molecule has 0 spiro atoms. The molecule has 29 heavy (non-hydrogen) atoms. The first-order chi connectivity index (χ1) is 13.6. The Balaban J connectivity index is 1.64. The van der Waals surface area contributed by atoms with Crippen LogP contribution >= 0.6 is 31.9 Å². The monoisotopic (exact) mass is 522 g/mol. The molecule has 1 aliphatic rings. The number of aromatic hydroxyl groups is 1. The molecule has 2 aromatic carbocycles. The van der Waals surface area contributed by atoms with E-state index in [0.29, 0.717) is 20.3 Å². The summed E-state index contributed by atoms with van der Waals surface area (Å²) < 4.78 is 6.47. The number of methoxy groups -OCH3 is 1. The van der Waals surface area contributed by atoms with Crippen LogP contribution in [0.5, 0.6) is 11.5 Å². The zero-order valence-corrected chi connectivity index (χ0v) is 20.0. The number of halogens is 2. The van der Waals surface area contributed by atoms with Gasteiger partial charge in [0.15, 0.2) is 11.5 Å². The van der Waals surface area contributed by atoms with E-state index >= 15 is 0 Å². The summed E-state index contributed by atoms with van der Waals surface area (Å²) in [5.41, 5.74) is 5.57. The summed E-state index contributed by atoms with van der Waals surface area (Å²) in [5, 5.41) is 14.3. The lowest BCUT2D eigenvalue weighted by Gasteiger charge is -2.19. The highest BCUT2D eigenvalue weighted by molar-refractivity contribution is 9.13. The van der Waals surface area contributed by atoms with Crippen LogP contribution in [0.2, 0.25) is 0 Å². The third kappa shape index (κ3) is 4.83. The zero-order valence-electron chi connectivity index (χ0n) is 16.8. The van der Waals surface area contributed by atoms with Gasteiger partial charge in [0.25, 0.3) is 0 Å². The smallest absolute Gasteiger partial charge is 0.243 e. The number of nitrogens with one attached hydrogen (secondary N) is 1. The first kappa shape index (κ1) is 21.8. The Kier molecular flexibility index (Phi) is 6.39. The maximum atomic E-state index is 12.4. The van der Waals surface area contributed by atoms with E-state index in [-0.39, 0.29) is 28.9 Å². The first-order valence-corrected chi connectivity index (χ1v) is 10.9. The summed E-state index contributed by atoms with van der Waals surface area (Å²) in [6.07, 6.45) is 2.22. The number of hydrogen-bond acceptors (Lipinski definition) is 4. The zero-order chi connectivity index (χ0) is 21.3. The third-order valence-electron chi connectivity index (χ3n) is 5.11. The van der Waals surface area contributed by atoms with E-state index in [1.165, 1.54) is 24.5 Å². The van der Waals surface area contributed by atoms with Crippen molar-refractivity contribution in [2.45, 2.75) is 38.5 Å². The van der Waals surface area contributed by atoms with Crippen LogP contribution in [0.25, 0.3) is 0 Å². The fourth-order valence-corrected chi connectivity index (χ4v) is 4.04. The largest absolute Gasteiger partial charge is 0.504 e. The van der Waals surface area contributed by atoms with Crippen molar-refractivity contribution in [1.29, 1.82) is 0 Å². The van der Waals surface area contributed by atoms with E-state index in [9.17, 15) is 9.90 Å². The lowest BCUT2D eigenvalue weighted by Crippen LogP contribution is -2.20. The summed E-state index contributed by atoms with van der Waals surface area (Å²) in [7, 11) is 1.47. The Morgan fingerprint density at radius 1 is 1.28 bits per heavy atom. The molecule has 1 fully saturated rings. The second-order valence-corrected chi connectivity index (χ2v) is 9.84. The van der Waals surface area contributed by atoms with E-state index in [0.717, 1.165) is 6.42 Å². The maximum absolute atomic E-state index is 12.4. The number of nitrogens with zero attached hydrogens (tertiary/aromatic N) is 1. The van der Waals surface area contributed by atoms with Crippen molar-refractivity contribution in [2.24, 2.45) is 11.0 Å². The van der Waals surface area contributed by atoms with Gasteiger partial charge in [-0.15, -0.1) is 0 Å². The van der Waals surface area contributed by atoms with Crippen molar-refractivity contribution >= 4 is 44.0 Å². The van der Waals surface area contributed by atoms with Crippen molar-refractivity contribution in [3.05, 3.63) is 56.0 Å². The van der Waals surface area contributed by atoms with Gasteiger partial charge < -0.3 is 9.84 Å². The molecule has 2 unspecified atom stereocenters. The summed E-state index contributed by atoms with van der Waals surface area (Å²) in [6.45, 7) is 6.55. The van der Waals surface area contributed by atoms with E-state index in [4.69, 9.17) is 4.74 Å². The van der Waals surface area contributed by atoms with Crippen molar-refractivity contribution in [3.63, 3.8) is 0 Å². The van der Waals surface area contributed by atoms with Gasteiger partial charge in [0.2, 0.25) is 5.91 Å². The minimum Gasteiger partial charge on any atom is -0.504 e. The molecule has 0 radical (unpaired) electrons. The number of phenolic OH excluding ortho intramolecular Hbond substituents is 1. The van der Waals surface area contributed by atoms with Gasteiger partial charge in [-0.05, 0) is 66.8 Å². The first-order valence-electron chi connectivity index (χ1n) is 9.31. The lowest BCUT2D eigenvalue weighted by molar-refractivity contribution is -0.122. The van der Waals surface area contributed by atoms with Gasteiger partial charge in [0.05, 0.1) is 18.9 Å². The Morgan fingerprint density at radius 3 is 2.52 bits per heavy atom. The van der Waals surface area contributed by atoms with E-state index < -0.39 is 0 Å². The molecule has 2 N–H and O–H groups in total. The Labute approximate surface area is 187 Å². The number of amides is 1. The molecular formula is C22H24Br2N2O3. The van der Waals surface area contributed by atoms with Gasteiger partial charge in [0, 0.05) is 14.9 Å². The molecule has 0 aliphatic heterocycles. The SMILES string of the molecule is COc1cc(Br)c(Br)c(C=NNC(=O)C2CC2c2ccc(C(C)(C)C)cc2)c1O. The Bertz CT molecular complexity index is 950. The van der Waals surface area contributed by atoms with Gasteiger partial charge >= 0.3 is 0 Å². The van der Waals surface area contributed by atoms with Crippen molar-refractivity contribution in [1.82, 2.24) is 5.43 Å². The summed E-state index contributed by atoms with van der Waals surface area (Å²) >= 11 is 6.79. The molecule has 1 aliphatic carbocycles. The molecule has 1 amide bonds. The topological polar surface area (TPSA) is 70.9 Å². The predicted octanol–water partition coefficient (Wildman–Crippen LogP) is 5.48. The molecule has 5 nitrogen and oxygen atoms in total. The number of carbonyl (C=O) groups is 1. The second kappa shape index (κ2) is 8.48. The van der Waals surface area contributed by atoms with Crippen molar-refractivity contribution < 1.29 is 14.6 Å². The minimum atomic E-state index is -0.122. The van der Waals surface area contributed by atoms with E-state index in [1.54, 1.807) is 6.07 Å². The molecule has 0 aromatic heterocycles. The number of ether oxygens (including phenoxy) is 1. The number of rotatable bonds is 5. The fraction of sp³-hybridized carbons (Fsp3) is 0.364. The van der Waals surface area contributed by atoms with E-state index in [2.05, 4.69) is 87.4 Å². The van der Waals surface area contributed by atoms with Gasteiger partial charge in [-0.2, -0.15) is 5.10 Å². The molecule has 1 saturated carbocycles. The average molecular weight is 524 g/mol. The Hall–Kier alpha value is -1.86. The lowest BCUT2D eigenvalue weighted by atomic mass is 9.86. The Morgan fingerprint density at radius 2 is 1.93 bits per heavy atom. The molecular weight excluding hydrogens is 500 g/mol. The molecule has 7 heteroatoms. The fourth-order valence-electron chi connectivity index (χ4n) is 3.21.